The summed E-state index contributed by atoms with van der Waals surface area (Å²) in [5, 5.41) is 25.8. The number of nitrogens with one attached hydrogen (secondary N) is 2. The number of halogens is 1. The number of nitrogens with zero attached hydrogens (tertiary/aromatic N) is 7. The van der Waals surface area contributed by atoms with Crippen LogP contribution in [0.1, 0.15) is 5.69 Å². The SMILES string of the molecule is CN1CCOC(Nc2nc(-c3ccn(C)n3)c(-c3cc(Cl)c4[nH]ncc4c3)nc2C#N)C1. The van der Waals surface area contributed by atoms with Crippen molar-refractivity contribution < 1.29 is 4.74 Å². The first-order valence-electron chi connectivity index (χ1n) is 10.0. The van der Waals surface area contributed by atoms with Crippen LogP contribution in [0.4, 0.5) is 5.82 Å². The lowest BCUT2D eigenvalue weighted by Crippen LogP contribution is -2.44. The van der Waals surface area contributed by atoms with E-state index in [1.165, 1.54) is 0 Å². The Morgan fingerprint density at radius 3 is 2.91 bits per heavy atom. The van der Waals surface area contributed by atoms with E-state index in [9.17, 15) is 5.26 Å². The topological polar surface area (TPSA) is 121 Å². The third kappa shape index (κ3) is 3.78. The number of nitriles is 1. The molecule has 5 rings (SSSR count). The van der Waals surface area contributed by atoms with Gasteiger partial charge in [0.25, 0.3) is 0 Å². The largest absolute Gasteiger partial charge is 0.356 e. The molecular weight excluding hydrogens is 430 g/mol. The number of aromatic amines is 1. The molecule has 0 radical (unpaired) electrons. The van der Waals surface area contributed by atoms with Crippen LogP contribution in [0.3, 0.4) is 0 Å². The average molecular weight is 450 g/mol. The Labute approximate surface area is 188 Å². The van der Waals surface area contributed by atoms with Gasteiger partial charge in [0.15, 0.2) is 11.5 Å². The number of benzene rings is 1. The Kier molecular flexibility index (Phi) is 5.22. The number of fused-ring (bicyclic) bond motifs is 1. The number of ether oxygens (including phenoxy) is 1. The zero-order valence-corrected chi connectivity index (χ0v) is 18.3. The maximum Gasteiger partial charge on any atom is 0.183 e. The quantitative estimate of drug-likeness (QED) is 0.487. The van der Waals surface area contributed by atoms with Gasteiger partial charge in [-0.3, -0.25) is 14.7 Å². The zero-order chi connectivity index (χ0) is 22.2. The molecule has 0 saturated carbocycles. The number of likely N-dealkylation sites (N-methyl/N-ethyl adjacent to an activating group) is 1. The maximum absolute atomic E-state index is 9.83. The number of aromatic nitrogens is 6. The van der Waals surface area contributed by atoms with E-state index in [2.05, 4.69) is 36.6 Å². The molecule has 1 saturated heterocycles. The molecule has 1 unspecified atom stereocenters. The number of H-pyrrole nitrogens is 1. The molecule has 11 heteroatoms. The molecule has 32 heavy (non-hydrogen) atoms. The van der Waals surface area contributed by atoms with Gasteiger partial charge in [0.1, 0.15) is 29.4 Å². The van der Waals surface area contributed by atoms with E-state index in [0.29, 0.717) is 46.6 Å². The van der Waals surface area contributed by atoms with Crippen LogP contribution in [-0.2, 0) is 11.8 Å². The van der Waals surface area contributed by atoms with Crippen molar-refractivity contribution in [3.8, 4) is 28.7 Å². The van der Waals surface area contributed by atoms with Gasteiger partial charge >= 0.3 is 0 Å². The highest BCUT2D eigenvalue weighted by Crippen LogP contribution is 2.34. The van der Waals surface area contributed by atoms with Crippen LogP contribution in [0.15, 0.2) is 30.6 Å². The van der Waals surface area contributed by atoms with Gasteiger partial charge in [-0.15, -0.1) is 0 Å². The van der Waals surface area contributed by atoms with Crippen molar-refractivity contribution in [2.45, 2.75) is 6.23 Å². The highest BCUT2D eigenvalue weighted by atomic mass is 35.5. The minimum Gasteiger partial charge on any atom is -0.356 e. The Balaban J connectivity index is 1.66. The second-order valence-corrected chi connectivity index (χ2v) is 8.07. The van der Waals surface area contributed by atoms with Gasteiger partial charge < -0.3 is 10.1 Å². The monoisotopic (exact) mass is 449 g/mol. The predicted molar refractivity (Wildman–Crippen MR) is 120 cm³/mol. The van der Waals surface area contributed by atoms with Crippen LogP contribution >= 0.6 is 11.6 Å². The minimum absolute atomic E-state index is 0.167. The number of rotatable bonds is 4. The summed E-state index contributed by atoms with van der Waals surface area (Å²) in [6.07, 6.45) is 3.23. The van der Waals surface area contributed by atoms with Crippen LogP contribution in [0.5, 0.6) is 0 Å². The first-order chi connectivity index (χ1) is 15.5. The van der Waals surface area contributed by atoms with Crippen molar-refractivity contribution in [1.82, 2.24) is 34.8 Å². The highest BCUT2D eigenvalue weighted by Gasteiger charge is 2.23. The lowest BCUT2D eigenvalue weighted by Gasteiger charge is -2.30. The molecule has 1 atom stereocenters. The maximum atomic E-state index is 9.83. The molecular formula is C21H20ClN9O. The van der Waals surface area contributed by atoms with E-state index in [1.807, 2.05) is 32.4 Å². The van der Waals surface area contributed by atoms with Crippen LogP contribution in [0, 0.1) is 11.3 Å². The van der Waals surface area contributed by atoms with Crippen LogP contribution in [-0.4, -0.2) is 67.8 Å². The van der Waals surface area contributed by atoms with Crippen molar-refractivity contribution in [3.05, 3.63) is 41.3 Å². The number of hydrogen-bond donors (Lipinski definition) is 2. The van der Waals surface area contributed by atoms with E-state index in [1.54, 1.807) is 16.9 Å². The van der Waals surface area contributed by atoms with Crippen LogP contribution in [0.25, 0.3) is 33.5 Å². The number of anilines is 1. The summed E-state index contributed by atoms with van der Waals surface area (Å²) < 4.78 is 7.49. The Bertz CT molecular complexity index is 1340. The smallest absolute Gasteiger partial charge is 0.183 e. The predicted octanol–water partition coefficient (Wildman–Crippen LogP) is 2.65. The van der Waals surface area contributed by atoms with E-state index < -0.39 is 0 Å². The molecule has 0 aliphatic carbocycles. The van der Waals surface area contributed by atoms with Gasteiger partial charge in [-0.2, -0.15) is 15.5 Å². The van der Waals surface area contributed by atoms with Gasteiger partial charge in [0.05, 0.1) is 23.3 Å². The number of aryl methyl sites for hydroxylation is 1. The van der Waals surface area contributed by atoms with Gasteiger partial charge in [-0.25, -0.2) is 9.97 Å². The fourth-order valence-electron chi connectivity index (χ4n) is 3.70. The van der Waals surface area contributed by atoms with Gasteiger partial charge in [-0.05, 0) is 25.2 Å². The summed E-state index contributed by atoms with van der Waals surface area (Å²) in [4.78, 5) is 11.6. The minimum atomic E-state index is -0.297. The van der Waals surface area contributed by atoms with Crippen LogP contribution < -0.4 is 5.32 Å². The molecule has 2 N–H and O–H groups in total. The molecule has 1 fully saturated rings. The average Bonchev–Trinajstić information content (AvgIpc) is 3.42. The van der Waals surface area contributed by atoms with E-state index in [0.717, 1.165) is 17.4 Å². The summed E-state index contributed by atoms with van der Waals surface area (Å²) in [7, 11) is 3.85. The number of hydrogen-bond acceptors (Lipinski definition) is 8. The summed E-state index contributed by atoms with van der Waals surface area (Å²) in [5.74, 6) is 0.354. The van der Waals surface area contributed by atoms with Crippen molar-refractivity contribution in [2.75, 3.05) is 32.1 Å². The fourth-order valence-corrected chi connectivity index (χ4v) is 3.97. The van der Waals surface area contributed by atoms with E-state index >= 15 is 0 Å². The summed E-state index contributed by atoms with van der Waals surface area (Å²) in [6, 6.07) is 7.70. The first-order valence-corrected chi connectivity index (χ1v) is 10.4. The number of morpholine rings is 1. The first kappa shape index (κ1) is 20.4. The van der Waals surface area contributed by atoms with Gasteiger partial charge in [0.2, 0.25) is 0 Å². The molecule has 1 aromatic carbocycles. The second kappa shape index (κ2) is 8.20. The molecule has 4 aromatic rings. The third-order valence-corrected chi connectivity index (χ3v) is 5.60. The lowest BCUT2D eigenvalue weighted by molar-refractivity contribution is -0.00375. The van der Waals surface area contributed by atoms with Crippen molar-refractivity contribution in [3.63, 3.8) is 0 Å². The molecule has 3 aromatic heterocycles. The van der Waals surface area contributed by atoms with Gasteiger partial charge in [-0.1, -0.05) is 11.6 Å². The molecule has 162 valence electrons. The molecule has 0 bridgehead atoms. The third-order valence-electron chi connectivity index (χ3n) is 5.30. The Morgan fingerprint density at radius 2 is 2.16 bits per heavy atom. The lowest BCUT2D eigenvalue weighted by atomic mass is 10.1. The van der Waals surface area contributed by atoms with Gasteiger partial charge in [0, 0.05) is 37.3 Å². The van der Waals surface area contributed by atoms with E-state index in [-0.39, 0.29) is 11.9 Å². The normalized spacial score (nSPS) is 16.9. The summed E-state index contributed by atoms with van der Waals surface area (Å²) in [5.41, 5.74) is 3.30. The Hall–Kier alpha value is -3.52. The van der Waals surface area contributed by atoms with Crippen molar-refractivity contribution in [2.24, 2.45) is 7.05 Å². The van der Waals surface area contributed by atoms with Crippen molar-refractivity contribution >= 4 is 28.3 Å². The van der Waals surface area contributed by atoms with Crippen molar-refractivity contribution in [1.29, 1.82) is 5.26 Å². The second-order valence-electron chi connectivity index (χ2n) is 7.66. The fraction of sp³-hybridized carbons (Fsp3) is 0.286. The highest BCUT2D eigenvalue weighted by molar-refractivity contribution is 6.35. The molecule has 1 aliphatic rings. The Morgan fingerprint density at radius 1 is 1.28 bits per heavy atom. The molecule has 0 amide bonds. The van der Waals surface area contributed by atoms with E-state index in [4.69, 9.17) is 21.3 Å². The zero-order valence-electron chi connectivity index (χ0n) is 17.5. The molecule has 10 nitrogen and oxygen atoms in total. The summed E-state index contributed by atoms with van der Waals surface area (Å²) in [6.45, 7) is 2.11. The van der Waals surface area contributed by atoms with Crippen LogP contribution in [0.2, 0.25) is 5.02 Å². The summed E-state index contributed by atoms with van der Waals surface area (Å²) >= 11 is 6.47. The molecule has 0 spiro atoms. The molecule has 4 heterocycles. The standard InChI is InChI=1S/C21H20ClN9O/c1-30-5-6-32-17(11-30)26-21-16(9-23)25-19(20(27-21)15-3-4-31(2)29-15)12-7-13-10-24-28-18(13)14(22)8-12/h3-4,7-8,10,17H,5-6,11H2,1-2H3,(H,24,28)(H,26,27). The molecule has 1 aliphatic heterocycles.